The summed E-state index contributed by atoms with van der Waals surface area (Å²) in [5, 5.41) is 2.54. The Morgan fingerprint density at radius 3 is 2.30 bits per heavy atom. The molecule has 0 bridgehead atoms. The Hall–Kier alpha value is -1.40. The third-order valence-electron chi connectivity index (χ3n) is 2.87. The van der Waals surface area contributed by atoms with Crippen LogP contribution in [-0.2, 0) is 21.0 Å². The number of sulfone groups is 1. The third-order valence-corrected chi connectivity index (χ3v) is 5.55. The molecule has 2 rings (SSSR count). The van der Waals surface area contributed by atoms with Gasteiger partial charge in [0.2, 0.25) is 0 Å². The van der Waals surface area contributed by atoms with Crippen LogP contribution in [0.4, 0.5) is 5.69 Å². The van der Waals surface area contributed by atoms with Gasteiger partial charge in [-0.05, 0) is 24.3 Å². The van der Waals surface area contributed by atoms with Gasteiger partial charge in [-0.3, -0.25) is 0 Å². The smallest absolute Gasteiger partial charge is 0.184 e. The standard InChI is InChI=1S/C14H18N2O2S2/c1-14(2,3)12-8-19-13(16-12)9-20(17,18)11-6-4-10(15)5-7-11/h4-8H,9,15H2,1-3H3. The quantitative estimate of drug-likeness (QED) is 0.885. The van der Waals surface area contributed by atoms with Gasteiger partial charge in [0, 0.05) is 16.5 Å². The average Bonchev–Trinajstić information content (AvgIpc) is 2.77. The molecular weight excluding hydrogens is 292 g/mol. The minimum Gasteiger partial charge on any atom is -0.399 e. The number of nitrogens with zero attached hydrogens (tertiary/aromatic N) is 1. The van der Waals surface area contributed by atoms with Crippen LogP contribution in [0, 0.1) is 0 Å². The summed E-state index contributed by atoms with van der Waals surface area (Å²) in [7, 11) is -3.37. The molecule has 0 aliphatic carbocycles. The normalized spacial score (nSPS) is 12.6. The maximum Gasteiger partial charge on any atom is 0.184 e. The van der Waals surface area contributed by atoms with E-state index in [1.54, 1.807) is 12.1 Å². The molecule has 2 aromatic rings. The van der Waals surface area contributed by atoms with Crippen LogP contribution in [-0.4, -0.2) is 13.4 Å². The molecule has 0 aliphatic rings. The molecule has 108 valence electrons. The van der Waals surface area contributed by atoms with E-state index < -0.39 is 9.84 Å². The molecule has 0 amide bonds. The highest BCUT2D eigenvalue weighted by molar-refractivity contribution is 7.90. The van der Waals surface area contributed by atoms with Crippen molar-refractivity contribution in [2.45, 2.75) is 36.8 Å². The van der Waals surface area contributed by atoms with E-state index in [2.05, 4.69) is 25.8 Å². The first-order valence-electron chi connectivity index (χ1n) is 6.22. The second-order valence-corrected chi connectivity index (χ2v) is 8.64. The fraction of sp³-hybridized carbons (Fsp3) is 0.357. The third kappa shape index (κ3) is 3.37. The molecule has 2 N–H and O–H groups in total. The Bertz CT molecular complexity index is 696. The van der Waals surface area contributed by atoms with Gasteiger partial charge in [-0.1, -0.05) is 20.8 Å². The van der Waals surface area contributed by atoms with Crippen molar-refractivity contribution >= 4 is 26.9 Å². The Morgan fingerprint density at radius 2 is 1.80 bits per heavy atom. The molecule has 0 saturated carbocycles. The van der Waals surface area contributed by atoms with E-state index in [1.165, 1.54) is 23.5 Å². The first-order valence-corrected chi connectivity index (χ1v) is 8.75. The number of hydrogen-bond donors (Lipinski definition) is 1. The van der Waals surface area contributed by atoms with Gasteiger partial charge in [0.1, 0.15) is 10.8 Å². The molecule has 4 nitrogen and oxygen atoms in total. The zero-order valence-corrected chi connectivity index (χ0v) is 13.4. The summed E-state index contributed by atoms with van der Waals surface area (Å²) >= 11 is 1.39. The Labute approximate surface area is 123 Å². The molecule has 1 aromatic carbocycles. The monoisotopic (exact) mass is 310 g/mol. The second-order valence-electron chi connectivity index (χ2n) is 5.70. The van der Waals surface area contributed by atoms with E-state index in [0.717, 1.165) is 5.69 Å². The predicted molar refractivity (Wildman–Crippen MR) is 82.6 cm³/mol. The van der Waals surface area contributed by atoms with Gasteiger partial charge in [-0.15, -0.1) is 11.3 Å². The number of rotatable bonds is 3. The highest BCUT2D eigenvalue weighted by Crippen LogP contribution is 2.26. The highest BCUT2D eigenvalue weighted by Gasteiger charge is 2.21. The van der Waals surface area contributed by atoms with Crippen molar-refractivity contribution in [3.8, 4) is 0 Å². The number of nitrogens with two attached hydrogens (primary N) is 1. The van der Waals surface area contributed by atoms with Gasteiger partial charge in [0.15, 0.2) is 9.84 Å². The fourth-order valence-corrected chi connectivity index (χ4v) is 4.29. The van der Waals surface area contributed by atoms with Crippen LogP contribution in [0.15, 0.2) is 34.5 Å². The first-order chi connectivity index (χ1) is 9.18. The molecule has 20 heavy (non-hydrogen) atoms. The van der Waals surface area contributed by atoms with Crippen LogP contribution in [0.1, 0.15) is 31.5 Å². The van der Waals surface area contributed by atoms with Gasteiger partial charge in [-0.2, -0.15) is 0 Å². The Morgan fingerprint density at radius 1 is 1.20 bits per heavy atom. The van der Waals surface area contributed by atoms with Crippen molar-refractivity contribution in [1.82, 2.24) is 4.98 Å². The Kier molecular flexibility index (Phi) is 3.88. The molecule has 0 spiro atoms. The van der Waals surface area contributed by atoms with Crippen LogP contribution in [0.2, 0.25) is 0 Å². The molecule has 0 radical (unpaired) electrons. The van der Waals surface area contributed by atoms with Gasteiger partial charge < -0.3 is 5.73 Å². The lowest BCUT2D eigenvalue weighted by Crippen LogP contribution is -2.12. The van der Waals surface area contributed by atoms with Crippen LogP contribution in [0.25, 0.3) is 0 Å². The van der Waals surface area contributed by atoms with Crippen molar-refractivity contribution in [3.63, 3.8) is 0 Å². The summed E-state index contributed by atoms with van der Waals surface area (Å²) in [6.07, 6.45) is 0. The summed E-state index contributed by atoms with van der Waals surface area (Å²) in [4.78, 5) is 4.70. The SMILES string of the molecule is CC(C)(C)c1csc(CS(=O)(=O)c2ccc(N)cc2)n1. The van der Waals surface area contributed by atoms with Crippen molar-refractivity contribution in [2.24, 2.45) is 0 Å². The van der Waals surface area contributed by atoms with Gasteiger partial charge in [0.25, 0.3) is 0 Å². The fourth-order valence-electron chi connectivity index (χ4n) is 1.64. The molecule has 1 aromatic heterocycles. The van der Waals surface area contributed by atoms with E-state index in [9.17, 15) is 8.42 Å². The maximum absolute atomic E-state index is 12.3. The zero-order valence-electron chi connectivity index (χ0n) is 11.8. The highest BCUT2D eigenvalue weighted by atomic mass is 32.2. The van der Waals surface area contributed by atoms with Crippen molar-refractivity contribution in [1.29, 1.82) is 0 Å². The van der Waals surface area contributed by atoms with E-state index >= 15 is 0 Å². The molecule has 0 unspecified atom stereocenters. The average molecular weight is 310 g/mol. The topological polar surface area (TPSA) is 73.0 Å². The van der Waals surface area contributed by atoms with Crippen LogP contribution in [0.5, 0.6) is 0 Å². The molecule has 0 aliphatic heterocycles. The lowest BCUT2D eigenvalue weighted by atomic mass is 9.93. The number of hydrogen-bond acceptors (Lipinski definition) is 5. The molecular formula is C14H18N2O2S2. The summed E-state index contributed by atoms with van der Waals surface area (Å²) < 4.78 is 24.6. The van der Waals surface area contributed by atoms with E-state index in [-0.39, 0.29) is 16.1 Å². The Balaban J connectivity index is 2.25. The molecule has 0 atom stereocenters. The lowest BCUT2D eigenvalue weighted by Gasteiger charge is -2.14. The predicted octanol–water partition coefficient (Wildman–Crippen LogP) is 3.00. The summed E-state index contributed by atoms with van der Waals surface area (Å²) in [5.74, 6) is -0.0718. The summed E-state index contributed by atoms with van der Waals surface area (Å²) in [6.45, 7) is 6.17. The molecule has 6 heteroatoms. The van der Waals surface area contributed by atoms with Crippen molar-refractivity contribution in [2.75, 3.05) is 5.73 Å². The first kappa shape index (κ1) is 15.0. The summed E-state index contributed by atoms with van der Waals surface area (Å²) in [6, 6.07) is 6.25. The molecule has 0 fully saturated rings. The lowest BCUT2D eigenvalue weighted by molar-refractivity contribution is 0.570. The number of anilines is 1. The van der Waals surface area contributed by atoms with Crippen molar-refractivity contribution in [3.05, 3.63) is 40.3 Å². The minimum atomic E-state index is -3.37. The molecule has 1 heterocycles. The largest absolute Gasteiger partial charge is 0.399 e. The van der Waals surface area contributed by atoms with E-state index in [1.807, 2.05) is 5.38 Å². The zero-order chi connectivity index (χ0) is 15.0. The van der Waals surface area contributed by atoms with E-state index in [4.69, 9.17) is 5.73 Å². The van der Waals surface area contributed by atoms with Gasteiger partial charge in [0.05, 0.1) is 10.6 Å². The van der Waals surface area contributed by atoms with Crippen LogP contribution in [0.3, 0.4) is 0 Å². The number of benzene rings is 1. The second kappa shape index (κ2) is 5.18. The molecule has 0 saturated heterocycles. The van der Waals surface area contributed by atoms with Crippen LogP contribution < -0.4 is 5.73 Å². The van der Waals surface area contributed by atoms with Gasteiger partial charge >= 0.3 is 0 Å². The van der Waals surface area contributed by atoms with E-state index in [0.29, 0.717) is 10.7 Å². The van der Waals surface area contributed by atoms with Gasteiger partial charge in [-0.25, -0.2) is 13.4 Å². The maximum atomic E-state index is 12.3. The van der Waals surface area contributed by atoms with Crippen LogP contribution >= 0.6 is 11.3 Å². The number of nitrogen functional groups attached to an aromatic ring is 1. The number of thiazole rings is 1. The summed E-state index contributed by atoms with van der Waals surface area (Å²) in [5.41, 5.74) is 6.97. The van der Waals surface area contributed by atoms with Crippen molar-refractivity contribution < 1.29 is 8.42 Å². The minimum absolute atomic E-state index is 0.0697. The number of aromatic nitrogens is 1.